The molecule has 78 valence electrons. The number of hydrogen-bond acceptors (Lipinski definition) is 3. The van der Waals surface area contributed by atoms with E-state index >= 15 is 0 Å². The summed E-state index contributed by atoms with van der Waals surface area (Å²) in [6.45, 7) is 0. The van der Waals surface area contributed by atoms with E-state index in [4.69, 9.17) is 11.6 Å². The second-order valence-corrected chi connectivity index (χ2v) is 5.20. The van der Waals surface area contributed by atoms with Gasteiger partial charge in [0.25, 0.3) is 0 Å². The maximum Gasteiger partial charge on any atom is 0.182 e. The monoisotopic (exact) mass is 302 g/mol. The van der Waals surface area contributed by atoms with Gasteiger partial charge < -0.3 is 5.32 Å². The third-order valence-corrected chi connectivity index (χ3v) is 4.20. The lowest BCUT2D eigenvalue weighted by molar-refractivity contribution is 1.37. The average molecular weight is 304 g/mol. The fourth-order valence-corrected chi connectivity index (χ4v) is 2.43. The Balaban J connectivity index is 2.40. The van der Waals surface area contributed by atoms with E-state index in [-0.39, 0.29) is 0 Å². The molecule has 1 heterocycles. The van der Waals surface area contributed by atoms with Crippen LogP contribution in [0.3, 0.4) is 0 Å². The van der Waals surface area contributed by atoms with Crippen LogP contribution in [0.2, 0.25) is 5.02 Å². The molecule has 0 bridgehead atoms. The predicted molar refractivity (Wildman–Crippen MR) is 69.8 cm³/mol. The summed E-state index contributed by atoms with van der Waals surface area (Å²) in [6, 6.07) is 5.86. The largest absolute Gasteiger partial charge is 0.365 e. The zero-order valence-corrected chi connectivity index (χ0v) is 11.1. The summed E-state index contributed by atoms with van der Waals surface area (Å²) in [5, 5.41) is 4.65. The molecule has 1 N–H and O–H groups in total. The molecule has 0 aliphatic rings. The van der Waals surface area contributed by atoms with Crippen LogP contribution in [0, 0.1) is 0 Å². The van der Waals surface area contributed by atoms with Crippen molar-refractivity contribution in [2.75, 3.05) is 12.4 Å². The molecule has 0 saturated heterocycles. The van der Waals surface area contributed by atoms with Crippen LogP contribution in [0.4, 0.5) is 5.13 Å². The summed E-state index contributed by atoms with van der Waals surface area (Å²) in [5.41, 5.74) is 1.12. The van der Waals surface area contributed by atoms with E-state index in [1.807, 2.05) is 31.4 Å². The molecular weight excluding hydrogens is 296 g/mol. The summed E-state index contributed by atoms with van der Waals surface area (Å²) in [7, 11) is 1.86. The summed E-state index contributed by atoms with van der Waals surface area (Å²) in [6.07, 6.45) is 1.85. The van der Waals surface area contributed by atoms with E-state index < -0.39 is 0 Å². The summed E-state index contributed by atoms with van der Waals surface area (Å²) in [5.74, 6) is 0. The molecule has 0 amide bonds. The van der Waals surface area contributed by atoms with E-state index in [2.05, 4.69) is 26.2 Å². The molecule has 5 heteroatoms. The molecule has 0 atom stereocenters. The Morgan fingerprint density at radius 3 is 2.87 bits per heavy atom. The van der Waals surface area contributed by atoms with Gasteiger partial charge in [0.15, 0.2) is 5.13 Å². The summed E-state index contributed by atoms with van der Waals surface area (Å²) >= 11 is 10.9. The molecule has 0 spiro atoms. The van der Waals surface area contributed by atoms with E-state index in [0.29, 0.717) is 0 Å². The van der Waals surface area contributed by atoms with Crippen molar-refractivity contribution >= 4 is 44.0 Å². The van der Waals surface area contributed by atoms with Crippen LogP contribution >= 0.6 is 38.9 Å². The smallest absolute Gasteiger partial charge is 0.182 e. The van der Waals surface area contributed by atoms with Gasteiger partial charge in [-0.25, -0.2) is 4.98 Å². The molecule has 1 aromatic carbocycles. The molecule has 2 nitrogen and oxygen atoms in total. The first kappa shape index (κ1) is 10.9. The van der Waals surface area contributed by atoms with E-state index in [9.17, 15) is 0 Å². The maximum atomic E-state index is 5.93. The third kappa shape index (κ3) is 2.33. The first-order chi connectivity index (χ1) is 7.20. The van der Waals surface area contributed by atoms with Gasteiger partial charge in [-0.2, -0.15) is 0 Å². The third-order valence-electron chi connectivity index (χ3n) is 1.92. The van der Waals surface area contributed by atoms with Crippen LogP contribution in [-0.2, 0) is 0 Å². The molecule has 0 aliphatic carbocycles. The van der Waals surface area contributed by atoms with Gasteiger partial charge >= 0.3 is 0 Å². The van der Waals surface area contributed by atoms with Gasteiger partial charge in [-0.15, -0.1) is 0 Å². The van der Waals surface area contributed by atoms with Gasteiger partial charge in [0.05, 0.1) is 9.90 Å². The fraction of sp³-hybridized carbons (Fsp3) is 0.100. The maximum absolute atomic E-state index is 5.93. The molecule has 0 saturated carbocycles. The number of hydrogen-bond donors (Lipinski definition) is 1. The molecule has 2 aromatic rings. The van der Waals surface area contributed by atoms with Crippen molar-refractivity contribution in [1.29, 1.82) is 0 Å². The van der Waals surface area contributed by atoms with Crippen molar-refractivity contribution in [3.63, 3.8) is 0 Å². The van der Waals surface area contributed by atoms with Crippen LogP contribution in [0.15, 0.2) is 28.9 Å². The molecule has 0 radical (unpaired) electrons. The first-order valence-corrected chi connectivity index (χ1v) is 6.28. The van der Waals surface area contributed by atoms with Gasteiger partial charge in [-0.3, -0.25) is 0 Å². The molecule has 0 fully saturated rings. The Hall–Kier alpha value is -0.580. The molecule has 0 unspecified atom stereocenters. The van der Waals surface area contributed by atoms with Crippen molar-refractivity contribution in [1.82, 2.24) is 4.98 Å². The van der Waals surface area contributed by atoms with E-state index in [0.717, 1.165) is 25.1 Å². The zero-order chi connectivity index (χ0) is 10.8. The van der Waals surface area contributed by atoms with Crippen LogP contribution < -0.4 is 5.32 Å². The topological polar surface area (TPSA) is 24.9 Å². The highest BCUT2D eigenvalue weighted by Crippen LogP contribution is 2.32. The highest BCUT2D eigenvalue weighted by molar-refractivity contribution is 9.10. The zero-order valence-electron chi connectivity index (χ0n) is 7.92. The number of rotatable bonds is 2. The van der Waals surface area contributed by atoms with Crippen LogP contribution in [0.25, 0.3) is 10.4 Å². The highest BCUT2D eigenvalue weighted by Gasteiger charge is 2.05. The number of anilines is 1. The van der Waals surface area contributed by atoms with Crippen molar-refractivity contribution in [2.24, 2.45) is 0 Å². The standard InChI is InChI=1S/C10H8BrClN2S/c1-13-10-14-5-9(15-10)6-2-3-8(12)7(11)4-6/h2-5H,1H3,(H,13,14). The Morgan fingerprint density at radius 1 is 1.47 bits per heavy atom. The van der Waals surface area contributed by atoms with Crippen LogP contribution in [0.1, 0.15) is 0 Å². The molecule has 15 heavy (non-hydrogen) atoms. The number of halogens is 2. The van der Waals surface area contributed by atoms with Crippen LogP contribution in [-0.4, -0.2) is 12.0 Å². The van der Waals surface area contributed by atoms with Crippen LogP contribution in [0.5, 0.6) is 0 Å². The lowest BCUT2D eigenvalue weighted by Gasteiger charge is -1.99. The SMILES string of the molecule is CNc1ncc(-c2ccc(Cl)c(Br)c2)s1. The Labute approximate surface area is 105 Å². The van der Waals surface area contributed by atoms with Gasteiger partial charge in [0, 0.05) is 17.7 Å². The number of nitrogens with one attached hydrogen (secondary N) is 1. The minimum Gasteiger partial charge on any atom is -0.365 e. The van der Waals surface area contributed by atoms with Gasteiger partial charge in [0.1, 0.15) is 0 Å². The summed E-state index contributed by atoms with van der Waals surface area (Å²) in [4.78, 5) is 5.34. The second kappa shape index (κ2) is 4.51. The number of benzene rings is 1. The minimum absolute atomic E-state index is 0.720. The van der Waals surface area contributed by atoms with Gasteiger partial charge in [-0.05, 0) is 33.6 Å². The lowest BCUT2D eigenvalue weighted by Crippen LogP contribution is -1.83. The fourth-order valence-electron chi connectivity index (χ4n) is 1.17. The molecule has 1 aromatic heterocycles. The summed E-state index contributed by atoms with van der Waals surface area (Å²) < 4.78 is 0.904. The Morgan fingerprint density at radius 2 is 2.27 bits per heavy atom. The highest BCUT2D eigenvalue weighted by atomic mass is 79.9. The van der Waals surface area contributed by atoms with Crippen molar-refractivity contribution in [3.05, 3.63) is 33.9 Å². The van der Waals surface area contributed by atoms with Gasteiger partial charge in [-0.1, -0.05) is 29.0 Å². The average Bonchev–Trinajstić information content (AvgIpc) is 2.70. The number of aromatic nitrogens is 1. The lowest BCUT2D eigenvalue weighted by atomic mass is 10.2. The quantitative estimate of drug-likeness (QED) is 0.896. The Kier molecular flexibility index (Phi) is 3.29. The van der Waals surface area contributed by atoms with Crippen molar-refractivity contribution < 1.29 is 0 Å². The first-order valence-electron chi connectivity index (χ1n) is 4.29. The van der Waals surface area contributed by atoms with Crippen molar-refractivity contribution in [3.8, 4) is 10.4 Å². The van der Waals surface area contributed by atoms with Crippen molar-refractivity contribution in [2.45, 2.75) is 0 Å². The molecular formula is C10H8BrClN2S. The molecule has 2 rings (SSSR count). The molecule has 0 aliphatic heterocycles. The minimum atomic E-state index is 0.720. The Bertz CT molecular complexity index is 484. The second-order valence-electron chi connectivity index (χ2n) is 2.91. The number of nitrogens with zero attached hydrogens (tertiary/aromatic N) is 1. The normalized spacial score (nSPS) is 10.3. The van der Waals surface area contributed by atoms with E-state index in [1.54, 1.807) is 11.3 Å². The number of thiazole rings is 1. The predicted octanol–water partition coefficient (Wildman–Crippen LogP) is 4.27. The van der Waals surface area contributed by atoms with E-state index in [1.165, 1.54) is 0 Å². The van der Waals surface area contributed by atoms with Gasteiger partial charge in [0.2, 0.25) is 0 Å².